The first-order valence-electron chi connectivity index (χ1n) is 12.6. The molecule has 0 amide bonds. The number of hydrogen-bond donors (Lipinski definition) is 1. The molecule has 0 aliphatic heterocycles. The van der Waals surface area contributed by atoms with Crippen molar-refractivity contribution in [3.8, 4) is 11.3 Å². The van der Waals surface area contributed by atoms with Gasteiger partial charge in [-0.15, -0.1) is 12.4 Å². The summed E-state index contributed by atoms with van der Waals surface area (Å²) in [6.07, 6.45) is 5.79. The van der Waals surface area contributed by atoms with E-state index in [4.69, 9.17) is 16.3 Å². The van der Waals surface area contributed by atoms with Crippen molar-refractivity contribution in [2.24, 2.45) is 5.41 Å². The molecule has 0 saturated heterocycles. The number of rotatable bonds is 13. The third-order valence-corrected chi connectivity index (χ3v) is 6.73. The van der Waals surface area contributed by atoms with Crippen LogP contribution in [-0.2, 0) is 11.3 Å². The molecule has 0 unspecified atom stereocenters. The van der Waals surface area contributed by atoms with Gasteiger partial charge in [0.05, 0.1) is 12.3 Å². The first-order valence-corrected chi connectivity index (χ1v) is 13.0. The molecular formula is C29H40Cl2N2O2. The number of fused-ring (bicyclic) bond motifs is 1. The number of esters is 1. The second-order valence-corrected chi connectivity index (χ2v) is 10.2. The number of carbonyl (C=O) groups is 1. The highest BCUT2D eigenvalue weighted by atomic mass is 35.5. The number of halogens is 2. The zero-order valence-electron chi connectivity index (χ0n) is 21.5. The Balaban J connectivity index is 0.00000432. The van der Waals surface area contributed by atoms with Crippen molar-refractivity contribution in [1.29, 1.82) is 0 Å². The van der Waals surface area contributed by atoms with Gasteiger partial charge >= 0.3 is 5.97 Å². The van der Waals surface area contributed by atoms with Crippen LogP contribution in [0.25, 0.3) is 22.0 Å². The van der Waals surface area contributed by atoms with Gasteiger partial charge in [0.2, 0.25) is 0 Å². The van der Waals surface area contributed by atoms with Crippen molar-refractivity contribution in [1.82, 2.24) is 9.88 Å². The largest absolute Gasteiger partial charge is 0.461 e. The molecule has 192 valence electrons. The van der Waals surface area contributed by atoms with Crippen molar-refractivity contribution in [2.75, 3.05) is 19.7 Å². The smallest absolute Gasteiger partial charge is 0.355 e. The average Bonchev–Trinajstić information content (AvgIpc) is 3.14. The van der Waals surface area contributed by atoms with Crippen LogP contribution >= 0.6 is 24.0 Å². The van der Waals surface area contributed by atoms with E-state index in [-0.39, 0.29) is 23.8 Å². The molecule has 35 heavy (non-hydrogen) atoms. The van der Waals surface area contributed by atoms with E-state index in [1.807, 2.05) is 43.3 Å². The number of benzene rings is 2. The molecule has 3 aromatic rings. The van der Waals surface area contributed by atoms with E-state index in [2.05, 4.69) is 42.8 Å². The molecule has 0 aliphatic carbocycles. The van der Waals surface area contributed by atoms with Gasteiger partial charge in [-0.2, -0.15) is 0 Å². The summed E-state index contributed by atoms with van der Waals surface area (Å²) < 4.78 is 7.65. The maximum atomic E-state index is 13.1. The van der Waals surface area contributed by atoms with Crippen LogP contribution < -0.4 is 5.32 Å². The number of ether oxygens (including phenoxy) is 1. The van der Waals surface area contributed by atoms with E-state index in [0.29, 0.717) is 17.3 Å². The molecule has 2 aromatic carbocycles. The molecule has 1 N–H and O–H groups in total. The fraction of sp³-hybridized carbons (Fsp3) is 0.483. The van der Waals surface area contributed by atoms with Gasteiger partial charge in [-0.3, -0.25) is 0 Å². The maximum Gasteiger partial charge on any atom is 0.355 e. The monoisotopic (exact) mass is 518 g/mol. The summed E-state index contributed by atoms with van der Waals surface area (Å²) in [7, 11) is 0. The predicted molar refractivity (Wildman–Crippen MR) is 151 cm³/mol. The number of nitrogens with one attached hydrogen (secondary N) is 1. The van der Waals surface area contributed by atoms with Crippen LogP contribution in [0.4, 0.5) is 0 Å². The van der Waals surface area contributed by atoms with Crippen molar-refractivity contribution >= 4 is 40.7 Å². The Bertz CT molecular complexity index is 1080. The van der Waals surface area contributed by atoms with Gasteiger partial charge in [-0.25, -0.2) is 4.79 Å². The standard InChI is InChI=1S/C29H39ClN2O2.ClH/c1-5-7-11-18-31-19-16-29(3,4)17-20-32-26(22-12-9-8-10-13-22)25-21-23(30)14-15-24(25)27(32)28(33)34-6-2;/h8-10,12-15,21,31H,5-7,11,16-20H2,1-4H3;1H. The Labute approximate surface area is 221 Å². The first kappa shape index (κ1) is 29.2. The van der Waals surface area contributed by atoms with Crippen LogP contribution in [0.5, 0.6) is 0 Å². The maximum absolute atomic E-state index is 13.1. The minimum absolute atomic E-state index is 0. The summed E-state index contributed by atoms with van der Waals surface area (Å²) in [6.45, 7) is 11.9. The van der Waals surface area contributed by atoms with Gasteiger partial charge in [-0.1, -0.05) is 81.6 Å². The molecule has 0 fully saturated rings. The highest BCUT2D eigenvalue weighted by molar-refractivity contribution is 6.31. The Hall–Kier alpha value is -2.01. The van der Waals surface area contributed by atoms with Gasteiger partial charge in [0.25, 0.3) is 0 Å². The third kappa shape index (κ3) is 7.73. The van der Waals surface area contributed by atoms with Crippen LogP contribution in [0.1, 0.15) is 70.3 Å². The fourth-order valence-corrected chi connectivity index (χ4v) is 4.64. The summed E-state index contributed by atoms with van der Waals surface area (Å²) in [4.78, 5) is 13.1. The topological polar surface area (TPSA) is 43.3 Å². The van der Waals surface area contributed by atoms with Gasteiger partial charge in [0, 0.05) is 22.3 Å². The molecule has 0 radical (unpaired) electrons. The van der Waals surface area contributed by atoms with Gasteiger partial charge in [0.1, 0.15) is 5.69 Å². The van der Waals surface area contributed by atoms with Crippen molar-refractivity contribution in [3.63, 3.8) is 0 Å². The minimum Gasteiger partial charge on any atom is -0.461 e. The van der Waals surface area contributed by atoms with Crippen molar-refractivity contribution in [3.05, 3.63) is 59.2 Å². The summed E-state index contributed by atoms with van der Waals surface area (Å²) in [5.74, 6) is -0.285. The lowest BCUT2D eigenvalue weighted by atomic mass is 9.85. The lowest BCUT2D eigenvalue weighted by Crippen LogP contribution is -2.25. The quantitative estimate of drug-likeness (QED) is 0.183. The molecule has 0 aliphatic rings. The molecule has 0 atom stereocenters. The molecule has 0 spiro atoms. The van der Waals surface area contributed by atoms with Crippen LogP contribution in [0.2, 0.25) is 5.02 Å². The fourth-order valence-electron chi connectivity index (χ4n) is 4.46. The summed E-state index contributed by atoms with van der Waals surface area (Å²) in [5, 5.41) is 6.12. The van der Waals surface area contributed by atoms with Crippen LogP contribution in [-0.4, -0.2) is 30.2 Å². The zero-order chi connectivity index (χ0) is 24.6. The second kappa shape index (κ2) is 13.9. The number of carbonyl (C=O) groups excluding carboxylic acids is 1. The Morgan fingerprint density at radius 2 is 1.74 bits per heavy atom. The molecule has 1 aromatic heterocycles. The van der Waals surface area contributed by atoms with E-state index in [1.54, 1.807) is 0 Å². The molecule has 1 heterocycles. The van der Waals surface area contributed by atoms with Crippen LogP contribution in [0, 0.1) is 5.41 Å². The van der Waals surface area contributed by atoms with E-state index in [1.165, 1.54) is 19.3 Å². The summed E-state index contributed by atoms with van der Waals surface area (Å²) in [5.41, 5.74) is 2.84. The van der Waals surface area contributed by atoms with Gasteiger partial charge in [0.15, 0.2) is 0 Å². The molecular weight excluding hydrogens is 479 g/mol. The predicted octanol–water partition coefficient (Wildman–Crippen LogP) is 8.15. The van der Waals surface area contributed by atoms with Gasteiger partial charge in [-0.05, 0) is 62.4 Å². The Morgan fingerprint density at radius 3 is 2.43 bits per heavy atom. The summed E-state index contributed by atoms with van der Waals surface area (Å²) in [6, 6.07) is 16.0. The minimum atomic E-state index is -0.285. The molecule has 3 rings (SSSR count). The average molecular weight is 520 g/mol. The number of hydrogen-bond acceptors (Lipinski definition) is 3. The first-order chi connectivity index (χ1) is 16.4. The lowest BCUT2D eigenvalue weighted by Gasteiger charge is -2.26. The Morgan fingerprint density at radius 1 is 1.00 bits per heavy atom. The second-order valence-electron chi connectivity index (χ2n) is 9.75. The highest BCUT2D eigenvalue weighted by Crippen LogP contribution is 2.37. The Kier molecular flexibility index (Phi) is 11.6. The normalized spacial score (nSPS) is 11.5. The van der Waals surface area contributed by atoms with Crippen molar-refractivity contribution in [2.45, 2.75) is 66.3 Å². The van der Waals surface area contributed by atoms with Crippen LogP contribution in [0.15, 0.2) is 48.5 Å². The summed E-state index contributed by atoms with van der Waals surface area (Å²) >= 11 is 6.40. The number of nitrogens with zero attached hydrogens (tertiary/aromatic N) is 1. The van der Waals surface area contributed by atoms with E-state index in [9.17, 15) is 4.79 Å². The van der Waals surface area contributed by atoms with E-state index < -0.39 is 0 Å². The molecule has 4 nitrogen and oxygen atoms in total. The number of unbranched alkanes of at least 4 members (excludes halogenated alkanes) is 2. The highest BCUT2D eigenvalue weighted by Gasteiger charge is 2.26. The van der Waals surface area contributed by atoms with Gasteiger partial charge < -0.3 is 14.6 Å². The lowest BCUT2D eigenvalue weighted by molar-refractivity contribution is 0.0515. The number of aromatic nitrogens is 1. The van der Waals surface area contributed by atoms with Crippen LogP contribution in [0.3, 0.4) is 0 Å². The van der Waals surface area contributed by atoms with E-state index >= 15 is 0 Å². The SMILES string of the molecule is CCCCCNCCC(C)(C)CCn1c(C(=O)OCC)c2ccc(Cl)cc2c1-c1ccccc1.Cl. The molecule has 6 heteroatoms. The molecule has 0 saturated carbocycles. The molecule has 0 bridgehead atoms. The van der Waals surface area contributed by atoms with E-state index in [0.717, 1.165) is 54.5 Å². The third-order valence-electron chi connectivity index (χ3n) is 6.50. The zero-order valence-corrected chi connectivity index (χ0v) is 23.1. The van der Waals surface area contributed by atoms with Crippen molar-refractivity contribution < 1.29 is 9.53 Å².